The van der Waals surface area contributed by atoms with E-state index >= 15 is 0 Å². The molecule has 1 aromatic rings. The molecule has 1 saturated heterocycles. The Kier molecular flexibility index (Phi) is 4.07. The number of hydrogen-bond donors (Lipinski definition) is 0. The molecule has 1 nitrogen and oxygen atoms in total. The Bertz CT molecular complexity index is 549. The van der Waals surface area contributed by atoms with Gasteiger partial charge in [-0.15, -0.1) is 22.7 Å². The molecular formula is C14H15B4NS. The zero-order valence-corrected chi connectivity index (χ0v) is 12.7. The number of fused-ring (bicyclic) bond motifs is 1. The third-order valence-electron chi connectivity index (χ3n) is 4.72. The van der Waals surface area contributed by atoms with Gasteiger partial charge in [0.05, 0.1) is 0 Å². The maximum Gasteiger partial charge on any atom is 0.114 e. The van der Waals surface area contributed by atoms with Crippen LogP contribution in [0.3, 0.4) is 0 Å². The van der Waals surface area contributed by atoms with Crippen LogP contribution in [0, 0.1) is 0 Å². The molecule has 0 spiro atoms. The molecule has 6 heteroatoms. The van der Waals surface area contributed by atoms with Crippen LogP contribution in [0.1, 0.15) is 30.7 Å². The van der Waals surface area contributed by atoms with Gasteiger partial charge in [0, 0.05) is 16.7 Å². The molecular weight excluding hydrogens is 257 g/mol. The fraction of sp³-hybridized carbons (Fsp3) is 0.571. The van der Waals surface area contributed by atoms with E-state index in [1.165, 1.54) is 19.4 Å². The molecule has 2 aliphatic heterocycles. The van der Waals surface area contributed by atoms with Gasteiger partial charge in [-0.05, 0) is 44.3 Å². The van der Waals surface area contributed by atoms with Crippen LogP contribution in [0.2, 0.25) is 0 Å². The van der Waals surface area contributed by atoms with Crippen LogP contribution >= 0.6 is 11.8 Å². The van der Waals surface area contributed by atoms with Crippen molar-refractivity contribution in [2.24, 2.45) is 0 Å². The normalized spacial score (nSPS) is 26.1. The number of rotatable bonds is 2. The molecule has 0 bridgehead atoms. The summed E-state index contributed by atoms with van der Waals surface area (Å²) in [6.45, 7) is 1.19. The van der Waals surface area contributed by atoms with E-state index in [0.717, 1.165) is 22.6 Å². The van der Waals surface area contributed by atoms with Gasteiger partial charge in [-0.2, -0.15) is 0 Å². The van der Waals surface area contributed by atoms with Gasteiger partial charge in [0.25, 0.3) is 0 Å². The highest BCUT2D eigenvalue weighted by Gasteiger charge is 2.32. The van der Waals surface area contributed by atoms with E-state index in [9.17, 15) is 0 Å². The van der Waals surface area contributed by atoms with Crippen molar-refractivity contribution in [1.82, 2.24) is 4.90 Å². The maximum absolute atomic E-state index is 6.22. The van der Waals surface area contributed by atoms with Crippen LogP contribution < -0.4 is 21.9 Å². The van der Waals surface area contributed by atoms with E-state index in [4.69, 9.17) is 31.4 Å². The molecule has 20 heavy (non-hydrogen) atoms. The van der Waals surface area contributed by atoms with Crippen molar-refractivity contribution < 1.29 is 0 Å². The van der Waals surface area contributed by atoms with Gasteiger partial charge in [-0.1, -0.05) is 10.9 Å². The van der Waals surface area contributed by atoms with Gasteiger partial charge in [-0.3, -0.25) is 0 Å². The monoisotopic (exact) mass is 273 g/mol. The first-order valence-electron chi connectivity index (χ1n) is 7.09. The van der Waals surface area contributed by atoms with Crippen molar-refractivity contribution in [1.29, 1.82) is 0 Å². The Morgan fingerprint density at radius 3 is 2.45 bits per heavy atom. The Balaban J connectivity index is 1.93. The van der Waals surface area contributed by atoms with E-state index in [-0.39, 0.29) is 0 Å². The van der Waals surface area contributed by atoms with E-state index in [1.54, 1.807) is 11.8 Å². The lowest BCUT2D eigenvalue weighted by atomic mass is 9.64. The lowest BCUT2D eigenvalue weighted by Gasteiger charge is -2.25. The lowest BCUT2D eigenvalue weighted by molar-refractivity contribution is 0.286. The predicted octanol–water partition coefficient (Wildman–Crippen LogP) is -1.46. The summed E-state index contributed by atoms with van der Waals surface area (Å²) in [5.41, 5.74) is 3.28. The number of likely N-dealkylation sites (tertiary alicyclic amines) is 1. The zero-order valence-electron chi connectivity index (χ0n) is 11.9. The molecule has 1 fully saturated rings. The summed E-state index contributed by atoms with van der Waals surface area (Å²) in [5.74, 6) is 1.46. The van der Waals surface area contributed by atoms with Crippen molar-refractivity contribution in [3.05, 3.63) is 5.56 Å². The molecule has 0 N–H and O–H groups in total. The van der Waals surface area contributed by atoms with Crippen LogP contribution in [0.15, 0.2) is 4.90 Å². The van der Waals surface area contributed by atoms with E-state index in [1.807, 2.05) is 0 Å². The molecule has 2 aliphatic rings. The average molecular weight is 273 g/mol. The minimum atomic E-state index is 0.436. The minimum Gasteiger partial charge on any atom is -0.303 e. The molecule has 0 saturated carbocycles. The Labute approximate surface area is 131 Å². The molecule has 0 aliphatic carbocycles. The highest BCUT2D eigenvalue weighted by molar-refractivity contribution is 7.99. The first-order chi connectivity index (χ1) is 9.50. The standard InChI is InChI=1S/C14H15B4NS/c1-19-4-2-3-8(19)5-7-6-20-14-9(7)10(15)11(16)12(17)13(14)18/h7-8H,2-6H2,1H3. The molecule has 2 atom stereocenters. The van der Waals surface area contributed by atoms with Gasteiger partial charge in [0.1, 0.15) is 31.4 Å². The molecule has 94 valence electrons. The fourth-order valence-corrected chi connectivity index (χ4v) is 4.81. The van der Waals surface area contributed by atoms with E-state index < -0.39 is 0 Å². The Hall–Kier alpha value is -0.210. The maximum atomic E-state index is 6.22. The molecule has 3 rings (SSSR count). The second kappa shape index (κ2) is 5.53. The highest BCUT2D eigenvalue weighted by Crippen LogP contribution is 2.40. The summed E-state index contributed by atoms with van der Waals surface area (Å²) in [6, 6.07) is 0.644. The van der Waals surface area contributed by atoms with Crippen LogP contribution in [-0.4, -0.2) is 61.7 Å². The van der Waals surface area contributed by atoms with Crippen LogP contribution in [0.5, 0.6) is 0 Å². The minimum absolute atomic E-state index is 0.436. The summed E-state index contributed by atoms with van der Waals surface area (Å²) in [7, 11) is 26.5. The van der Waals surface area contributed by atoms with Gasteiger partial charge >= 0.3 is 0 Å². The molecule has 0 amide bonds. The van der Waals surface area contributed by atoms with Crippen molar-refractivity contribution >= 4 is 65.0 Å². The first kappa shape index (κ1) is 14.7. The first-order valence-corrected chi connectivity index (χ1v) is 8.08. The highest BCUT2D eigenvalue weighted by atomic mass is 32.2. The van der Waals surface area contributed by atoms with Gasteiger partial charge in [-0.25, -0.2) is 0 Å². The Morgan fingerprint density at radius 2 is 1.80 bits per heavy atom. The summed E-state index contributed by atoms with van der Waals surface area (Å²) in [6.07, 6.45) is 3.69. The van der Waals surface area contributed by atoms with Crippen LogP contribution in [-0.2, 0) is 0 Å². The van der Waals surface area contributed by atoms with Crippen molar-refractivity contribution in [3.63, 3.8) is 0 Å². The van der Waals surface area contributed by atoms with Gasteiger partial charge < -0.3 is 4.90 Å². The fourth-order valence-electron chi connectivity index (χ4n) is 3.44. The van der Waals surface area contributed by atoms with Crippen LogP contribution in [0.25, 0.3) is 0 Å². The average Bonchev–Trinajstić information content (AvgIpc) is 3.02. The Morgan fingerprint density at radius 1 is 1.10 bits per heavy atom. The second-order valence-electron chi connectivity index (χ2n) is 5.92. The molecule has 2 heterocycles. The quantitative estimate of drug-likeness (QED) is 0.605. The lowest BCUT2D eigenvalue weighted by Crippen LogP contribution is -2.49. The number of hydrogen-bond acceptors (Lipinski definition) is 2. The van der Waals surface area contributed by atoms with Gasteiger partial charge in [0.2, 0.25) is 0 Å². The molecule has 1 aromatic carbocycles. The molecule has 8 radical (unpaired) electrons. The summed E-state index contributed by atoms with van der Waals surface area (Å²) in [4.78, 5) is 3.50. The third-order valence-corrected chi connectivity index (χ3v) is 6.01. The number of benzene rings is 1. The van der Waals surface area contributed by atoms with E-state index in [0.29, 0.717) is 33.8 Å². The third kappa shape index (κ3) is 2.29. The SMILES string of the molecule is [B]c1c([B])c([B])c2c(c1[B])SCC2CC1CCCN1C. The topological polar surface area (TPSA) is 3.24 Å². The van der Waals surface area contributed by atoms with Crippen molar-refractivity contribution in [3.8, 4) is 0 Å². The number of thioether (sulfide) groups is 1. The predicted molar refractivity (Wildman–Crippen MR) is 91.7 cm³/mol. The van der Waals surface area contributed by atoms with E-state index in [2.05, 4.69) is 11.9 Å². The zero-order chi connectivity index (χ0) is 14.4. The smallest absolute Gasteiger partial charge is 0.114 e. The van der Waals surface area contributed by atoms with Crippen molar-refractivity contribution in [2.75, 3.05) is 19.3 Å². The molecule has 0 aromatic heterocycles. The summed E-state index contributed by atoms with van der Waals surface area (Å²) in [5, 5.41) is 0. The number of nitrogens with zero attached hydrogens (tertiary/aromatic N) is 1. The van der Waals surface area contributed by atoms with Crippen LogP contribution in [0.4, 0.5) is 0 Å². The largest absolute Gasteiger partial charge is 0.303 e. The summed E-state index contributed by atoms with van der Waals surface area (Å²) >= 11 is 1.77. The van der Waals surface area contributed by atoms with Crippen molar-refractivity contribution in [2.45, 2.75) is 36.1 Å². The second-order valence-corrected chi connectivity index (χ2v) is 6.95. The van der Waals surface area contributed by atoms with Gasteiger partial charge in [0.15, 0.2) is 0 Å². The summed E-state index contributed by atoms with van der Waals surface area (Å²) < 4.78 is 0. The molecule has 2 unspecified atom stereocenters.